The van der Waals surface area contributed by atoms with Crippen molar-refractivity contribution in [3.8, 4) is 11.5 Å². The molecule has 3 fully saturated rings. The zero-order chi connectivity index (χ0) is 27.2. The van der Waals surface area contributed by atoms with Crippen molar-refractivity contribution < 1.29 is 27.8 Å². The molecule has 2 aromatic rings. The smallest absolute Gasteiger partial charge is 0.303 e. The van der Waals surface area contributed by atoms with E-state index in [1.165, 1.54) is 24.1 Å². The summed E-state index contributed by atoms with van der Waals surface area (Å²) in [5.41, 5.74) is 1.19. The Labute approximate surface area is 229 Å². The second-order valence-electron chi connectivity index (χ2n) is 12.2. The van der Waals surface area contributed by atoms with Gasteiger partial charge in [0.15, 0.2) is 11.5 Å². The summed E-state index contributed by atoms with van der Waals surface area (Å²) in [6.45, 7) is 3.29. The van der Waals surface area contributed by atoms with Gasteiger partial charge in [0, 0.05) is 26.1 Å². The fraction of sp³-hybridized carbons (Fsp3) is 0.567. The molecule has 8 nitrogen and oxygen atoms in total. The van der Waals surface area contributed by atoms with Crippen LogP contribution in [0.1, 0.15) is 55.7 Å². The van der Waals surface area contributed by atoms with Gasteiger partial charge in [-0.1, -0.05) is 36.4 Å². The van der Waals surface area contributed by atoms with Crippen LogP contribution in [-0.2, 0) is 37.1 Å². The number of hydrogen-bond donors (Lipinski definition) is 1. The number of hydrogen-bond acceptors (Lipinski definition) is 7. The monoisotopic (exact) mass is 552 g/mol. The minimum Gasteiger partial charge on any atom is -0.504 e. The van der Waals surface area contributed by atoms with Crippen LogP contribution in [0.25, 0.3) is 0 Å². The summed E-state index contributed by atoms with van der Waals surface area (Å²) in [6, 6.07) is 12.4. The second kappa shape index (κ2) is 8.69. The molecule has 0 radical (unpaired) electrons. The van der Waals surface area contributed by atoms with E-state index in [9.17, 15) is 18.3 Å². The third-order valence-electron chi connectivity index (χ3n) is 10.1. The van der Waals surface area contributed by atoms with E-state index in [-0.39, 0.29) is 23.5 Å². The van der Waals surface area contributed by atoms with Gasteiger partial charge in [-0.2, -0.15) is 4.31 Å². The van der Waals surface area contributed by atoms with Gasteiger partial charge in [-0.25, -0.2) is 8.42 Å². The standard InChI is InChI=1S/C30H36N2O6S/c1-19(33)38-30-13-12-23(31(2)39(35,36)18-21-6-4-3-5-7-21)28-29(30)14-15-32(17-20-8-9-20)25(30)16-22-10-11-24(34)27(37-28)26(22)29/h3-7,10-11,20,23,25,28,34H,8-9,12-18H2,1-2H3/t23?,25-,28?,29+,30-/m1/s1. The fourth-order valence-electron chi connectivity index (χ4n) is 8.36. The number of benzene rings is 2. The predicted octanol–water partition coefficient (Wildman–Crippen LogP) is 3.36. The number of phenols is 1. The minimum atomic E-state index is -3.68. The molecule has 7 rings (SSSR count). The average Bonchev–Trinajstić information content (AvgIpc) is 3.64. The zero-order valence-corrected chi connectivity index (χ0v) is 23.3. The van der Waals surface area contributed by atoms with Crippen molar-refractivity contribution >= 4 is 16.0 Å². The number of sulfonamides is 1. The molecule has 9 heteroatoms. The van der Waals surface area contributed by atoms with E-state index >= 15 is 0 Å². The molecule has 1 spiro atoms. The molecule has 5 atom stereocenters. The van der Waals surface area contributed by atoms with Crippen LogP contribution in [0.15, 0.2) is 42.5 Å². The molecular weight excluding hydrogens is 516 g/mol. The molecule has 2 aromatic carbocycles. The fourth-order valence-corrected chi connectivity index (χ4v) is 9.80. The quantitative estimate of drug-likeness (QED) is 0.527. The first-order valence-electron chi connectivity index (χ1n) is 14.1. The van der Waals surface area contributed by atoms with E-state index in [4.69, 9.17) is 9.47 Å². The molecular formula is C30H36N2O6S. The number of phenolic OH excluding ortho intramolecular Hbond substituents is 1. The first kappa shape index (κ1) is 25.4. The Morgan fingerprint density at radius 3 is 2.64 bits per heavy atom. The third-order valence-corrected chi connectivity index (χ3v) is 12.0. The molecule has 39 heavy (non-hydrogen) atoms. The van der Waals surface area contributed by atoms with Crippen LogP contribution in [0.2, 0.25) is 0 Å². The molecule has 2 unspecified atom stereocenters. The molecule has 0 aromatic heterocycles. The summed E-state index contributed by atoms with van der Waals surface area (Å²) < 4.78 is 42.1. The number of rotatable bonds is 7. The van der Waals surface area contributed by atoms with E-state index in [2.05, 4.69) is 4.90 Å². The van der Waals surface area contributed by atoms with Gasteiger partial charge in [0.2, 0.25) is 10.0 Å². The molecule has 2 aliphatic heterocycles. The minimum absolute atomic E-state index is 0.0166. The highest BCUT2D eigenvalue weighted by Gasteiger charge is 2.75. The number of nitrogens with zero attached hydrogens (tertiary/aromatic N) is 2. The molecule has 2 heterocycles. The van der Waals surface area contributed by atoms with Gasteiger partial charge in [-0.3, -0.25) is 9.69 Å². The lowest BCUT2D eigenvalue weighted by molar-refractivity contribution is -0.221. The number of likely N-dealkylation sites (N-methyl/N-ethyl adjacent to an activating group) is 1. The molecule has 2 bridgehead atoms. The van der Waals surface area contributed by atoms with Crippen molar-refractivity contribution in [2.24, 2.45) is 5.92 Å². The Hall–Kier alpha value is -2.62. The maximum Gasteiger partial charge on any atom is 0.303 e. The van der Waals surface area contributed by atoms with Crippen LogP contribution in [0.4, 0.5) is 0 Å². The van der Waals surface area contributed by atoms with Crippen molar-refractivity contribution in [1.29, 1.82) is 0 Å². The van der Waals surface area contributed by atoms with Gasteiger partial charge >= 0.3 is 5.97 Å². The lowest BCUT2D eigenvalue weighted by Crippen LogP contribution is -2.79. The van der Waals surface area contributed by atoms with Crippen LogP contribution in [0.3, 0.4) is 0 Å². The van der Waals surface area contributed by atoms with Crippen LogP contribution in [0.5, 0.6) is 11.5 Å². The van der Waals surface area contributed by atoms with Gasteiger partial charge in [0.05, 0.1) is 23.3 Å². The second-order valence-corrected chi connectivity index (χ2v) is 14.2. The van der Waals surface area contributed by atoms with E-state index in [0.29, 0.717) is 37.4 Å². The predicted molar refractivity (Wildman–Crippen MR) is 145 cm³/mol. The number of piperidine rings is 1. The zero-order valence-electron chi connectivity index (χ0n) is 22.5. The van der Waals surface area contributed by atoms with Gasteiger partial charge in [-0.15, -0.1) is 0 Å². The van der Waals surface area contributed by atoms with E-state index in [1.807, 2.05) is 36.4 Å². The van der Waals surface area contributed by atoms with E-state index in [0.717, 1.165) is 29.8 Å². The Bertz CT molecular complexity index is 1430. The van der Waals surface area contributed by atoms with Crippen molar-refractivity contribution in [3.05, 3.63) is 59.2 Å². The molecule has 208 valence electrons. The highest BCUT2D eigenvalue weighted by Crippen LogP contribution is 2.67. The topological polar surface area (TPSA) is 96.4 Å². The SMILES string of the molecule is CC(=O)O[C@@]12CCC(N(C)S(=O)(=O)Cc3ccccc3)C3Oc4c(O)ccc5c4[C@@]31CCN(CC1CC1)[C@@H]2C5. The van der Waals surface area contributed by atoms with Gasteiger partial charge in [0.1, 0.15) is 11.7 Å². The van der Waals surface area contributed by atoms with Crippen LogP contribution < -0.4 is 4.74 Å². The number of esters is 1. The van der Waals surface area contributed by atoms with Gasteiger partial charge in [0.25, 0.3) is 0 Å². The Balaban J connectivity index is 1.34. The van der Waals surface area contributed by atoms with Gasteiger partial charge < -0.3 is 14.6 Å². The van der Waals surface area contributed by atoms with Crippen molar-refractivity contribution in [3.63, 3.8) is 0 Å². The highest BCUT2D eigenvalue weighted by molar-refractivity contribution is 7.88. The first-order chi connectivity index (χ1) is 18.7. The van der Waals surface area contributed by atoms with E-state index < -0.39 is 33.2 Å². The lowest BCUT2D eigenvalue weighted by Gasteiger charge is -2.65. The lowest BCUT2D eigenvalue weighted by atomic mass is 9.48. The molecule has 5 aliphatic rings. The summed E-state index contributed by atoms with van der Waals surface area (Å²) in [5.74, 6) is 0.751. The summed E-state index contributed by atoms with van der Waals surface area (Å²) in [7, 11) is -2.03. The van der Waals surface area contributed by atoms with Crippen molar-refractivity contribution in [1.82, 2.24) is 9.21 Å². The van der Waals surface area contributed by atoms with E-state index in [1.54, 1.807) is 13.1 Å². The van der Waals surface area contributed by atoms with Crippen molar-refractivity contribution in [2.45, 2.75) is 80.4 Å². The van der Waals surface area contributed by atoms with Crippen LogP contribution in [0, 0.1) is 5.92 Å². The Morgan fingerprint density at radius 2 is 1.92 bits per heavy atom. The molecule has 1 saturated heterocycles. The highest BCUT2D eigenvalue weighted by atomic mass is 32.2. The molecule has 0 amide bonds. The summed E-state index contributed by atoms with van der Waals surface area (Å²) in [6.07, 6.45) is 4.34. The molecule has 1 N–H and O–H groups in total. The third kappa shape index (κ3) is 3.62. The largest absolute Gasteiger partial charge is 0.504 e. The normalized spacial score (nSPS) is 32.9. The molecule has 3 aliphatic carbocycles. The Kier molecular flexibility index (Phi) is 5.65. The molecule has 2 saturated carbocycles. The number of likely N-dealkylation sites (tertiary alicyclic amines) is 1. The number of carbonyl (C=O) groups excluding carboxylic acids is 1. The van der Waals surface area contributed by atoms with Crippen LogP contribution >= 0.6 is 0 Å². The number of ether oxygens (including phenoxy) is 2. The maximum atomic E-state index is 13.7. The first-order valence-corrected chi connectivity index (χ1v) is 15.7. The van der Waals surface area contributed by atoms with Gasteiger partial charge in [-0.05, 0) is 68.2 Å². The number of aromatic hydroxyl groups is 1. The summed E-state index contributed by atoms with van der Waals surface area (Å²) in [5, 5.41) is 11.0. The number of carbonyl (C=O) groups is 1. The van der Waals surface area contributed by atoms with Crippen LogP contribution in [-0.4, -0.2) is 72.6 Å². The Morgan fingerprint density at radius 1 is 1.15 bits per heavy atom. The summed E-state index contributed by atoms with van der Waals surface area (Å²) >= 11 is 0. The maximum absolute atomic E-state index is 13.7. The summed E-state index contributed by atoms with van der Waals surface area (Å²) in [4.78, 5) is 15.3. The average molecular weight is 553 g/mol. The van der Waals surface area contributed by atoms with Crippen molar-refractivity contribution in [2.75, 3.05) is 20.1 Å².